The molecule has 2 aromatic heterocycles. The first-order chi connectivity index (χ1) is 20.9. The van der Waals surface area contributed by atoms with Crippen molar-refractivity contribution in [1.29, 1.82) is 5.26 Å². The number of amides is 1. The second-order valence-corrected chi connectivity index (χ2v) is 10.9. The van der Waals surface area contributed by atoms with E-state index in [0.29, 0.717) is 51.2 Å². The summed E-state index contributed by atoms with van der Waals surface area (Å²) in [6, 6.07) is 26.8. The second kappa shape index (κ2) is 14.1. The topological polar surface area (TPSA) is 108 Å². The summed E-state index contributed by atoms with van der Waals surface area (Å²) in [5.41, 5.74) is 3.21. The molecule has 11 heteroatoms. The highest BCUT2D eigenvalue weighted by atomic mass is 35.5. The molecule has 0 spiro atoms. The molecule has 1 atom stereocenters. The Morgan fingerprint density at radius 1 is 0.837 bits per heavy atom. The summed E-state index contributed by atoms with van der Waals surface area (Å²) in [6.07, 6.45) is 4.07. The Kier molecular flexibility index (Phi) is 9.80. The van der Waals surface area contributed by atoms with Gasteiger partial charge in [-0.25, -0.2) is 0 Å². The van der Waals surface area contributed by atoms with Gasteiger partial charge in [-0.15, -0.1) is 0 Å². The van der Waals surface area contributed by atoms with Crippen molar-refractivity contribution < 1.29 is 4.79 Å². The molecule has 0 aliphatic heterocycles. The summed E-state index contributed by atoms with van der Waals surface area (Å²) in [5, 5.41) is 20.1. The normalized spacial score (nSPS) is 11.4. The van der Waals surface area contributed by atoms with Crippen molar-refractivity contribution >= 4 is 52.5 Å². The van der Waals surface area contributed by atoms with E-state index < -0.39 is 6.04 Å². The van der Waals surface area contributed by atoms with Crippen molar-refractivity contribution in [2.45, 2.75) is 25.6 Å². The lowest BCUT2D eigenvalue weighted by Gasteiger charge is -2.20. The lowest BCUT2D eigenvalue weighted by Crippen LogP contribution is -2.41. The molecule has 0 fully saturated rings. The predicted molar refractivity (Wildman–Crippen MR) is 171 cm³/mol. The molecule has 0 aliphatic carbocycles. The van der Waals surface area contributed by atoms with E-state index in [4.69, 9.17) is 40.1 Å². The van der Waals surface area contributed by atoms with Crippen LogP contribution in [0.15, 0.2) is 97.3 Å². The highest BCUT2D eigenvalue weighted by Crippen LogP contribution is 2.24. The number of aromatic nitrogens is 3. The zero-order chi connectivity index (χ0) is 30.2. The molecule has 0 saturated carbocycles. The molecule has 8 nitrogen and oxygen atoms in total. The molecule has 1 amide bonds. The minimum Gasteiger partial charge on any atom is -0.358 e. The van der Waals surface area contributed by atoms with Crippen molar-refractivity contribution in [1.82, 2.24) is 19.9 Å². The highest BCUT2D eigenvalue weighted by molar-refractivity contribution is 6.42. The molecule has 5 aromatic rings. The van der Waals surface area contributed by atoms with Crippen molar-refractivity contribution in [3.8, 4) is 11.9 Å². The number of nitriles is 1. The summed E-state index contributed by atoms with van der Waals surface area (Å²) in [5.74, 6) is 1.19. The van der Waals surface area contributed by atoms with Gasteiger partial charge in [0.2, 0.25) is 11.9 Å². The lowest BCUT2D eigenvalue weighted by molar-refractivity contribution is -0.122. The molecular weight excluding hydrogens is 605 g/mol. The van der Waals surface area contributed by atoms with E-state index in [1.807, 2.05) is 71.6 Å². The van der Waals surface area contributed by atoms with Gasteiger partial charge in [0.05, 0.1) is 21.7 Å². The first-order valence-electron chi connectivity index (χ1n) is 13.3. The Morgan fingerprint density at radius 2 is 1.60 bits per heavy atom. The van der Waals surface area contributed by atoms with Crippen LogP contribution in [0.1, 0.15) is 22.3 Å². The summed E-state index contributed by atoms with van der Waals surface area (Å²) in [7, 11) is 0. The summed E-state index contributed by atoms with van der Waals surface area (Å²) >= 11 is 18.6. The van der Waals surface area contributed by atoms with Gasteiger partial charge in [0.1, 0.15) is 17.7 Å². The number of benzene rings is 3. The molecule has 216 valence electrons. The molecular formula is C32H26Cl3N7O. The number of nitrogens with one attached hydrogen (secondary N) is 3. The van der Waals surface area contributed by atoms with Gasteiger partial charge in [0, 0.05) is 43.0 Å². The lowest BCUT2D eigenvalue weighted by atomic mass is 10.0. The fourth-order valence-corrected chi connectivity index (χ4v) is 4.87. The van der Waals surface area contributed by atoms with Gasteiger partial charge in [0.25, 0.3) is 0 Å². The third-order valence-corrected chi connectivity index (χ3v) is 7.51. The largest absolute Gasteiger partial charge is 0.358 e. The van der Waals surface area contributed by atoms with E-state index in [9.17, 15) is 4.79 Å². The maximum atomic E-state index is 13.6. The maximum absolute atomic E-state index is 13.6. The fraction of sp³-hybridized carbons (Fsp3) is 0.125. The van der Waals surface area contributed by atoms with Crippen LogP contribution in [0.2, 0.25) is 15.1 Å². The third-order valence-electron chi connectivity index (χ3n) is 6.53. The van der Waals surface area contributed by atoms with Crippen molar-refractivity contribution in [3.63, 3.8) is 0 Å². The maximum Gasteiger partial charge on any atom is 0.243 e. The van der Waals surface area contributed by atoms with Crippen molar-refractivity contribution in [2.24, 2.45) is 0 Å². The molecule has 2 heterocycles. The zero-order valence-electron chi connectivity index (χ0n) is 22.8. The molecule has 0 bridgehead atoms. The van der Waals surface area contributed by atoms with Crippen LogP contribution in [-0.4, -0.2) is 26.5 Å². The average Bonchev–Trinajstić information content (AvgIpc) is 3.56. The van der Waals surface area contributed by atoms with Crippen LogP contribution in [0, 0.1) is 11.3 Å². The smallest absolute Gasteiger partial charge is 0.243 e. The molecule has 3 N–H and O–H groups in total. The Bertz CT molecular complexity index is 1750. The number of rotatable bonds is 11. The van der Waals surface area contributed by atoms with Crippen LogP contribution in [0.3, 0.4) is 0 Å². The number of hydrogen-bond acceptors (Lipinski definition) is 6. The van der Waals surface area contributed by atoms with Crippen LogP contribution < -0.4 is 16.0 Å². The first kappa shape index (κ1) is 29.9. The summed E-state index contributed by atoms with van der Waals surface area (Å²) in [6.45, 7) is 0.738. The number of carbonyl (C=O) groups excluding carboxylic acids is 1. The number of hydrogen-bond donors (Lipinski definition) is 3. The fourth-order valence-electron chi connectivity index (χ4n) is 4.33. The Morgan fingerprint density at radius 3 is 2.33 bits per heavy atom. The molecule has 3 aromatic carbocycles. The average molecular weight is 631 g/mol. The van der Waals surface area contributed by atoms with Gasteiger partial charge >= 0.3 is 0 Å². The highest BCUT2D eigenvalue weighted by Gasteiger charge is 2.21. The number of nitrogens with zero attached hydrogens (tertiary/aromatic N) is 4. The van der Waals surface area contributed by atoms with E-state index in [1.165, 1.54) is 0 Å². The predicted octanol–water partition coefficient (Wildman–Crippen LogP) is 7.05. The van der Waals surface area contributed by atoms with Crippen molar-refractivity contribution in [3.05, 3.63) is 135 Å². The van der Waals surface area contributed by atoms with E-state index in [0.717, 1.165) is 16.7 Å². The van der Waals surface area contributed by atoms with Gasteiger partial charge < -0.3 is 20.5 Å². The first-order valence-corrected chi connectivity index (χ1v) is 14.5. The van der Waals surface area contributed by atoms with E-state index in [1.54, 1.807) is 30.3 Å². The molecule has 0 radical (unpaired) electrons. The molecule has 43 heavy (non-hydrogen) atoms. The minimum absolute atomic E-state index is 0.245. The number of carbonyl (C=O) groups is 1. The summed E-state index contributed by atoms with van der Waals surface area (Å²) in [4.78, 5) is 22.9. The van der Waals surface area contributed by atoms with Crippen LogP contribution in [-0.2, 0) is 24.3 Å². The van der Waals surface area contributed by atoms with Crippen LogP contribution in [0.25, 0.3) is 5.82 Å². The monoisotopic (exact) mass is 629 g/mol. The van der Waals surface area contributed by atoms with Gasteiger partial charge in [-0.05, 0) is 65.2 Å². The van der Waals surface area contributed by atoms with Gasteiger partial charge in [0.15, 0.2) is 0 Å². The minimum atomic E-state index is -0.719. The van der Waals surface area contributed by atoms with E-state index in [-0.39, 0.29) is 12.5 Å². The van der Waals surface area contributed by atoms with E-state index >= 15 is 0 Å². The Hall–Kier alpha value is -4.55. The van der Waals surface area contributed by atoms with E-state index in [2.05, 4.69) is 32.0 Å². The number of halogens is 3. The Balaban J connectivity index is 1.41. The van der Waals surface area contributed by atoms with Gasteiger partial charge in [-0.1, -0.05) is 65.1 Å². The zero-order valence-corrected chi connectivity index (χ0v) is 25.0. The van der Waals surface area contributed by atoms with Gasteiger partial charge in [-0.2, -0.15) is 15.2 Å². The van der Waals surface area contributed by atoms with Crippen molar-refractivity contribution in [2.75, 3.05) is 10.6 Å². The Labute approximate surface area is 264 Å². The molecule has 0 aliphatic rings. The SMILES string of the molecule is N#Cc1ccc(CNC(=O)[C@H](Cc2ccc(Cl)c(Cl)c2)Nc2cc(-n3cccc3)nc(NCc3cccc(Cl)c3)n2)cc1. The number of anilines is 2. The molecule has 5 rings (SSSR count). The summed E-state index contributed by atoms with van der Waals surface area (Å²) < 4.78 is 1.86. The molecule has 0 saturated heterocycles. The van der Waals surface area contributed by atoms with Gasteiger partial charge in [-0.3, -0.25) is 4.79 Å². The third kappa shape index (κ3) is 8.27. The quantitative estimate of drug-likeness (QED) is 0.144. The molecule has 0 unspecified atom stereocenters. The van der Waals surface area contributed by atoms with Crippen LogP contribution in [0.4, 0.5) is 11.8 Å². The van der Waals surface area contributed by atoms with Crippen LogP contribution in [0.5, 0.6) is 0 Å². The standard InChI is InChI=1S/C32H26Cl3N7O/c33-25-5-3-4-24(14-25)20-38-32-40-29(17-30(41-32)42-12-1-2-13-42)39-28(16-23-10-11-26(34)27(35)15-23)31(43)37-19-22-8-6-21(18-36)7-9-22/h1-15,17,28H,16,19-20H2,(H,37,43)(H2,38,39,40,41)/t28-/m0/s1. The second-order valence-electron chi connectivity index (χ2n) is 9.68. The van der Waals surface area contributed by atoms with Crippen LogP contribution >= 0.6 is 34.8 Å².